The first-order valence-corrected chi connectivity index (χ1v) is 4.73. The fraction of sp³-hybridized carbons (Fsp3) is 0.100. The number of phenolic OH excluding ortho intramolecular Hbond substituents is 1. The molecule has 0 radical (unpaired) electrons. The molecule has 1 aromatic heterocycles. The summed E-state index contributed by atoms with van der Waals surface area (Å²) in [4.78, 5) is 21.6. The van der Waals surface area contributed by atoms with E-state index in [4.69, 9.17) is 4.42 Å². The van der Waals surface area contributed by atoms with E-state index >= 15 is 0 Å². The average Bonchev–Trinajstić information content (AvgIpc) is 2.64. The van der Waals surface area contributed by atoms with Crippen molar-refractivity contribution >= 4 is 11.6 Å². The molecule has 0 atom stereocenters. The van der Waals surface area contributed by atoms with Gasteiger partial charge in [0.15, 0.2) is 0 Å². The van der Waals surface area contributed by atoms with Gasteiger partial charge in [-0.25, -0.2) is 9.89 Å². The monoisotopic (exact) mass is 235 g/mol. The summed E-state index contributed by atoms with van der Waals surface area (Å²) >= 11 is 0. The number of amides is 1. The van der Waals surface area contributed by atoms with Gasteiger partial charge in [-0.3, -0.25) is 4.79 Å². The van der Waals surface area contributed by atoms with Gasteiger partial charge >= 0.3 is 5.76 Å². The molecular formula is C10H9N3O4. The Balaban J connectivity index is 2.38. The van der Waals surface area contributed by atoms with Gasteiger partial charge in [-0.05, 0) is 12.1 Å². The maximum absolute atomic E-state index is 10.8. The third kappa shape index (κ3) is 2.33. The lowest BCUT2D eigenvalue weighted by Gasteiger charge is -2.04. The zero-order chi connectivity index (χ0) is 12.4. The number of H-pyrrole nitrogens is 1. The zero-order valence-electron chi connectivity index (χ0n) is 8.85. The molecule has 0 fully saturated rings. The van der Waals surface area contributed by atoms with E-state index < -0.39 is 5.76 Å². The number of phenols is 1. The first-order valence-electron chi connectivity index (χ1n) is 4.73. The molecule has 0 saturated carbocycles. The minimum atomic E-state index is -0.703. The van der Waals surface area contributed by atoms with E-state index in [2.05, 4.69) is 15.5 Å². The van der Waals surface area contributed by atoms with Crippen LogP contribution in [0.25, 0.3) is 11.5 Å². The molecule has 7 nitrogen and oxygen atoms in total. The highest BCUT2D eigenvalue weighted by Crippen LogP contribution is 2.29. The van der Waals surface area contributed by atoms with Crippen LogP contribution in [0.15, 0.2) is 27.4 Å². The molecule has 0 aliphatic rings. The van der Waals surface area contributed by atoms with E-state index in [0.29, 0.717) is 5.69 Å². The summed E-state index contributed by atoms with van der Waals surface area (Å²) < 4.78 is 4.70. The van der Waals surface area contributed by atoms with Crippen LogP contribution in [0.2, 0.25) is 0 Å². The molecule has 88 valence electrons. The predicted molar refractivity (Wildman–Crippen MR) is 58.5 cm³/mol. The second kappa shape index (κ2) is 4.12. The Morgan fingerprint density at radius 1 is 1.53 bits per heavy atom. The van der Waals surface area contributed by atoms with Crippen molar-refractivity contribution in [2.24, 2.45) is 0 Å². The van der Waals surface area contributed by atoms with Crippen molar-refractivity contribution in [1.29, 1.82) is 0 Å². The van der Waals surface area contributed by atoms with Crippen molar-refractivity contribution in [3.63, 3.8) is 0 Å². The van der Waals surface area contributed by atoms with Crippen molar-refractivity contribution in [1.82, 2.24) is 10.2 Å². The van der Waals surface area contributed by atoms with E-state index in [-0.39, 0.29) is 23.1 Å². The van der Waals surface area contributed by atoms with Gasteiger partial charge in [0.2, 0.25) is 5.91 Å². The topological polar surface area (TPSA) is 108 Å². The molecule has 17 heavy (non-hydrogen) atoms. The van der Waals surface area contributed by atoms with Crippen LogP contribution in [0.5, 0.6) is 5.75 Å². The van der Waals surface area contributed by atoms with E-state index in [1.54, 1.807) is 6.07 Å². The van der Waals surface area contributed by atoms with Gasteiger partial charge in [-0.15, -0.1) is 5.10 Å². The SMILES string of the molecule is CC(=O)Nc1ccc(-c2n[nH]c(=O)o2)c(O)c1. The van der Waals surface area contributed by atoms with Crippen molar-refractivity contribution in [3.05, 3.63) is 28.7 Å². The standard InChI is InChI=1S/C10H9N3O4/c1-5(14)11-6-2-3-7(8(15)4-6)9-12-13-10(16)17-9/h2-4,15H,1H3,(H,11,14)(H,13,16). The Bertz CT molecular complexity index is 614. The van der Waals surface area contributed by atoms with E-state index in [1.165, 1.54) is 19.1 Å². The highest BCUT2D eigenvalue weighted by atomic mass is 16.4. The number of carbonyl (C=O) groups is 1. The summed E-state index contributed by atoms with van der Waals surface area (Å²) in [5.41, 5.74) is 0.703. The van der Waals surface area contributed by atoms with Crippen LogP contribution in [0.4, 0.5) is 5.69 Å². The van der Waals surface area contributed by atoms with Crippen molar-refractivity contribution in [3.8, 4) is 17.2 Å². The number of aromatic nitrogens is 2. The molecule has 2 aromatic rings. The van der Waals surface area contributed by atoms with Gasteiger partial charge in [-0.1, -0.05) is 0 Å². The second-order valence-electron chi connectivity index (χ2n) is 3.33. The number of rotatable bonds is 2. The predicted octanol–water partition coefficient (Wildman–Crippen LogP) is 0.694. The molecular weight excluding hydrogens is 226 g/mol. The number of aromatic hydroxyl groups is 1. The first kappa shape index (κ1) is 10.9. The summed E-state index contributed by atoms with van der Waals surface area (Å²) in [5.74, 6) is -1.11. The number of carbonyl (C=O) groups excluding carboxylic acids is 1. The summed E-state index contributed by atoms with van der Waals surface area (Å²) in [6.45, 7) is 1.36. The van der Waals surface area contributed by atoms with E-state index in [0.717, 1.165) is 0 Å². The Morgan fingerprint density at radius 3 is 2.82 bits per heavy atom. The maximum atomic E-state index is 10.8. The van der Waals surface area contributed by atoms with Crippen LogP contribution < -0.4 is 11.1 Å². The molecule has 1 heterocycles. The number of nitrogens with zero attached hydrogens (tertiary/aromatic N) is 1. The molecule has 7 heteroatoms. The summed E-state index contributed by atoms with van der Waals surface area (Å²) in [5, 5.41) is 17.9. The zero-order valence-corrected chi connectivity index (χ0v) is 8.85. The summed E-state index contributed by atoms with van der Waals surface area (Å²) in [6, 6.07) is 4.39. The van der Waals surface area contributed by atoms with Gasteiger partial charge < -0.3 is 14.8 Å². The normalized spacial score (nSPS) is 10.2. The highest BCUT2D eigenvalue weighted by Gasteiger charge is 2.11. The number of hydrogen-bond acceptors (Lipinski definition) is 5. The van der Waals surface area contributed by atoms with Gasteiger partial charge in [0, 0.05) is 18.7 Å². The Labute approximate surface area is 95.1 Å². The van der Waals surface area contributed by atoms with Crippen molar-refractivity contribution < 1.29 is 14.3 Å². The van der Waals surface area contributed by atoms with Crippen LogP contribution in [0, 0.1) is 0 Å². The average molecular weight is 235 g/mol. The van der Waals surface area contributed by atoms with Gasteiger partial charge in [-0.2, -0.15) is 0 Å². The molecule has 0 bridgehead atoms. The smallest absolute Gasteiger partial charge is 0.434 e. The maximum Gasteiger partial charge on any atom is 0.434 e. The Morgan fingerprint density at radius 2 is 2.29 bits per heavy atom. The lowest BCUT2D eigenvalue weighted by molar-refractivity contribution is -0.114. The van der Waals surface area contributed by atoms with Gasteiger partial charge in [0.25, 0.3) is 5.89 Å². The number of anilines is 1. The van der Waals surface area contributed by atoms with E-state index in [9.17, 15) is 14.7 Å². The number of benzene rings is 1. The van der Waals surface area contributed by atoms with Crippen molar-refractivity contribution in [2.75, 3.05) is 5.32 Å². The lowest BCUT2D eigenvalue weighted by Crippen LogP contribution is -2.05. The van der Waals surface area contributed by atoms with Crippen LogP contribution in [-0.4, -0.2) is 21.2 Å². The number of hydrogen-bond donors (Lipinski definition) is 3. The summed E-state index contributed by atoms with van der Waals surface area (Å²) in [7, 11) is 0. The molecule has 1 amide bonds. The number of aromatic amines is 1. The fourth-order valence-corrected chi connectivity index (χ4v) is 1.34. The van der Waals surface area contributed by atoms with Gasteiger partial charge in [0.1, 0.15) is 5.75 Å². The molecule has 2 rings (SSSR count). The molecule has 0 saturated heterocycles. The fourth-order valence-electron chi connectivity index (χ4n) is 1.34. The highest BCUT2D eigenvalue weighted by molar-refractivity contribution is 5.89. The summed E-state index contributed by atoms with van der Waals surface area (Å²) in [6.07, 6.45) is 0. The largest absolute Gasteiger partial charge is 0.507 e. The second-order valence-corrected chi connectivity index (χ2v) is 3.33. The quantitative estimate of drug-likeness (QED) is 0.709. The van der Waals surface area contributed by atoms with Crippen LogP contribution >= 0.6 is 0 Å². The van der Waals surface area contributed by atoms with Crippen LogP contribution in [-0.2, 0) is 4.79 Å². The molecule has 0 unspecified atom stereocenters. The third-order valence-electron chi connectivity index (χ3n) is 1.99. The molecule has 3 N–H and O–H groups in total. The van der Waals surface area contributed by atoms with E-state index in [1.807, 2.05) is 0 Å². The van der Waals surface area contributed by atoms with Crippen molar-refractivity contribution in [2.45, 2.75) is 6.92 Å². The minimum Gasteiger partial charge on any atom is -0.507 e. The Kier molecular flexibility index (Phi) is 2.65. The molecule has 0 aliphatic carbocycles. The molecule has 1 aromatic carbocycles. The third-order valence-corrected chi connectivity index (χ3v) is 1.99. The van der Waals surface area contributed by atoms with Crippen LogP contribution in [0.3, 0.4) is 0 Å². The Hall–Kier alpha value is -2.57. The number of nitrogens with one attached hydrogen (secondary N) is 2. The minimum absolute atomic E-state index is 0.0122. The van der Waals surface area contributed by atoms with Crippen LogP contribution in [0.1, 0.15) is 6.92 Å². The first-order chi connectivity index (χ1) is 8.06. The molecule has 0 spiro atoms. The lowest BCUT2D eigenvalue weighted by atomic mass is 10.2. The molecule has 0 aliphatic heterocycles. The van der Waals surface area contributed by atoms with Gasteiger partial charge in [0.05, 0.1) is 5.56 Å².